The van der Waals surface area contributed by atoms with Gasteiger partial charge < -0.3 is 16.0 Å². The van der Waals surface area contributed by atoms with Crippen LogP contribution in [0, 0.1) is 5.92 Å². The summed E-state index contributed by atoms with van der Waals surface area (Å²) in [7, 11) is 0. The molecule has 0 radical (unpaired) electrons. The summed E-state index contributed by atoms with van der Waals surface area (Å²) in [5.41, 5.74) is 11.6. The summed E-state index contributed by atoms with van der Waals surface area (Å²) in [6, 6.07) is 14.4. The molecule has 2 aliphatic carbocycles. The van der Waals surface area contributed by atoms with Gasteiger partial charge in [0.25, 0.3) is 5.91 Å². The lowest BCUT2D eigenvalue weighted by Crippen LogP contribution is -2.44. The maximum Gasteiger partial charge on any atom is 0.252 e. The molecule has 38 heavy (non-hydrogen) atoms. The van der Waals surface area contributed by atoms with E-state index < -0.39 is 11.9 Å². The third kappa shape index (κ3) is 4.61. The highest BCUT2D eigenvalue weighted by Crippen LogP contribution is 2.33. The van der Waals surface area contributed by atoms with Crippen molar-refractivity contribution in [2.45, 2.75) is 18.9 Å². The topological polar surface area (TPSA) is 101 Å². The van der Waals surface area contributed by atoms with Crippen LogP contribution in [0.15, 0.2) is 107 Å². The largest absolute Gasteiger partial charge is 0.368 e. The van der Waals surface area contributed by atoms with Gasteiger partial charge >= 0.3 is 0 Å². The quantitative estimate of drug-likeness (QED) is 0.263. The van der Waals surface area contributed by atoms with Crippen molar-refractivity contribution >= 4 is 49.6 Å². The van der Waals surface area contributed by atoms with E-state index in [0.717, 1.165) is 32.9 Å². The number of allylic oxidation sites excluding steroid dienone is 7. The number of H-pyrrole nitrogens is 1. The van der Waals surface area contributed by atoms with E-state index in [1.165, 1.54) is 5.57 Å². The van der Waals surface area contributed by atoms with Gasteiger partial charge in [0.05, 0.1) is 16.8 Å². The van der Waals surface area contributed by atoms with Gasteiger partial charge in [-0.3, -0.25) is 9.59 Å². The van der Waals surface area contributed by atoms with Crippen LogP contribution in [0.3, 0.4) is 0 Å². The van der Waals surface area contributed by atoms with E-state index in [0.29, 0.717) is 34.5 Å². The fraction of sp³-hybridized carbons (Fsp3) is 0.129. The van der Waals surface area contributed by atoms with Gasteiger partial charge in [-0.2, -0.15) is 0 Å². The van der Waals surface area contributed by atoms with Gasteiger partial charge in [0.1, 0.15) is 6.04 Å². The molecule has 0 saturated carbocycles. The lowest BCUT2D eigenvalue weighted by atomic mass is 9.84. The molecule has 7 heteroatoms. The molecule has 2 heterocycles. The van der Waals surface area contributed by atoms with Crippen LogP contribution in [0.4, 0.5) is 0 Å². The Balaban J connectivity index is 1.34. The summed E-state index contributed by atoms with van der Waals surface area (Å²) in [5, 5.41) is 4.59. The second-order valence-electron chi connectivity index (χ2n) is 9.61. The van der Waals surface area contributed by atoms with Crippen molar-refractivity contribution in [1.82, 2.24) is 15.3 Å². The Labute approximate surface area is 228 Å². The van der Waals surface area contributed by atoms with Crippen molar-refractivity contribution in [3.8, 4) is 11.3 Å². The number of fused-ring (bicyclic) bond motifs is 3. The molecular weight excluding hydrogens is 540 g/mol. The van der Waals surface area contributed by atoms with E-state index in [2.05, 4.69) is 50.5 Å². The Kier molecular flexibility index (Phi) is 6.29. The van der Waals surface area contributed by atoms with E-state index in [1.54, 1.807) is 6.07 Å². The van der Waals surface area contributed by atoms with Gasteiger partial charge in [-0.05, 0) is 47.9 Å². The number of benzene rings is 2. The van der Waals surface area contributed by atoms with E-state index in [4.69, 9.17) is 10.7 Å². The summed E-state index contributed by atoms with van der Waals surface area (Å²) in [6.45, 7) is 0. The molecular formula is C31H25BrN4O2. The third-order valence-corrected chi connectivity index (χ3v) is 7.60. The minimum absolute atomic E-state index is 0.317. The number of nitrogens with two attached hydrogens (primary N) is 1. The Bertz CT molecular complexity index is 1730. The lowest BCUT2D eigenvalue weighted by Gasteiger charge is -2.23. The summed E-state index contributed by atoms with van der Waals surface area (Å²) < 4.78 is 0.950. The number of para-hydroxylation sites is 1. The van der Waals surface area contributed by atoms with Gasteiger partial charge in [0, 0.05) is 44.9 Å². The molecule has 2 atom stereocenters. The number of hydrogen-bond donors (Lipinski definition) is 3. The first-order valence-corrected chi connectivity index (χ1v) is 13.3. The highest BCUT2D eigenvalue weighted by Gasteiger charge is 2.24. The number of pyridine rings is 1. The van der Waals surface area contributed by atoms with E-state index >= 15 is 0 Å². The number of carbonyl (C=O) groups is 2. The Morgan fingerprint density at radius 2 is 2.03 bits per heavy atom. The first-order chi connectivity index (χ1) is 18.5. The predicted octanol–water partition coefficient (Wildman–Crippen LogP) is 6.12. The molecule has 2 aromatic carbocycles. The maximum atomic E-state index is 13.7. The van der Waals surface area contributed by atoms with Crippen LogP contribution >= 0.6 is 15.9 Å². The SMILES string of the molecule is NC(=O)C(CC1=CC2=CC=CCC2C=C1)NC(=O)c1cc(-c2c[nH]c3ccc(Br)cc23)nc2ccccc12. The summed E-state index contributed by atoms with van der Waals surface area (Å²) >= 11 is 3.54. The number of halogens is 1. The number of amides is 2. The number of nitrogens with zero attached hydrogens (tertiary/aromatic N) is 1. The van der Waals surface area contributed by atoms with E-state index in [9.17, 15) is 9.59 Å². The fourth-order valence-electron chi connectivity index (χ4n) is 5.14. The minimum atomic E-state index is -0.853. The van der Waals surface area contributed by atoms with Crippen LogP contribution < -0.4 is 11.1 Å². The van der Waals surface area contributed by atoms with Crippen molar-refractivity contribution in [2.24, 2.45) is 11.7 Å². The standard InChI is InChI=1S/C31H25BrN4O2/c32-21-11-12-26-23(15-21)25(17-34-26)28-16-24(22-7-3-4-8-27(22)35-28)31(38)36-29(30(33)37)14-18-9-10-19-5-1-2-6-20(19)13-18/h1-4,6-13,15-17,19,29,34H,5,14H2,(H2,33,37)(H,36,38). The molecule has 4 N–H and O–H groups in total. The number of aromatic nitrogens is 2. The second-order valence-corrected chi connectivity index (χ2v) is 10.5. The summed E-state index contributed by atoms with van der Waals surface area (Å²) in [5.74, 6) is -0.586. The molecule has 6 nitrogen and oxygen atoms in total. The van der Waals surface area contributed by atoms with Crippen LogP contribution in [0.2, 0.25) is 0 Å². The third-order valence-electron chi connectivity index (χ3n) is 7.11. The molecule has 0 bridgehead atoms. The van der Waals surface area contributed by atoms with Crippen molar-refractivity contribution in [1.29, 1.82) is 0 Å². The van der Waals surface area contributed by atoms with Crippen LogP contribution in [0.5, 0.6) is 0 Å². The Morgan fingerprint density at radius 3 is 2.89 bits per heavy atom. The average molecular weight is 565 g/mol. The van der Waals surface area contributed by atoms with Gasteiger partial charge in [0.15, 0.2) is 0 Å². The number of rotatable bonds is 6. The smallest absolute Gasteiger partial charge is 0.252 e. The van der Waals surface area contributed by atoms with Gasteiger partial charge in [-0.1, -0.05) is 70.6 Å². The molecule has 2 amide bonds. The van der Waals surface area contributed by atoms with Crippen LogP contribution in [-0.4, -0.2) is 27.8 Å². The van der Waals surface area contributed by atoms with Crippen molar-refractivity contribution in [2.75, 3.05) is 0 Å². The van der Waals surface area contributed by atoms with Gasteiger partial charge in [-0.25, -0.2) is 4.98 Å². The highest BCUT2D eigenvalue weighted by molar-refractivity contribution is 9.10. The molecule has 2 aromatic heterocycles. The number of hydrogen-bond acceptors (Lipinski definition) is 3. The zero-order valence-corrected chi connectivity index (χ0v) is 22.0. The molecule has 0 fully saturated rings. The molecule has 0 aliphatic heterocycles. The maximum absolute atomic E-state index is 13.7. The minimum Gasteiger partial charge on any atom is -0.368 e. The molecule has 6 rings (SSSR count). The fourth-order valence-corrected chi connectivity index (χ4v) is 5.50. The van der Waals surface area contributed by atoms with Crippen molar-refractivity contribution < 1.29 is 9.59 Å². The number of primary amides is 1. The number of carbonyl (C=O) groups excluding carboxylic acids is 2. The lowest BCUT2D eigenvalue weighted by molar-refractivity contribution is -0.119. The van der Waals surface area contributed by atoms with Gasteiger partial charge in [0.2, 0.25) is 5.91 Å². The molecule has 4 aromatic rings. The van der Waals surface area contributed by atoms with Crippen molar-refractivity contribution in [3.05, 3.63) is 112 Å². The number of nitrogens with one attached hydrogen (secondary N) is 2. The first kappa shape index (κ1) is 24.1. The molecule has 0 saturated heterocycles. The van der Waals surface area contributed by atoms with Crippen LogP contribution in [-0.2, 0) is 4.79 Å². The zero-order valence-electron chi connectivity index (χ0n) is 20.4. The average Bonchev–Trinajstić information content (AvgIpc) is 3.35. The monoisotopic (exact) mass is 564 g/mol. The Hall–Kier alpha value is -4.23. The highest BCUT2D eigenvalue weighted by atomic mass is 79.9. The molecule has 0 spiro atoms. The first-order valence-electron chi connectivity index (χ1n) is 12.5. The molecule has 2 aliphatic rings. The zero-order chi connectivity index (χ0) is 26.2. The van der Waals surface area contributed by atoms with E-state index in [-0.39, 0.29) is 5.91 Å². The van der Waals surface area contributed by atoms with E-state index in [1.807, 2.05) is 60.8 Å². The van der Waals surface area contributed by atoms with Crippen molar-refractivity contribution in [3.63, 3.8) is 0 Å². The van der Waals surface area contributed by atoms with Crippen LogP contribution in [0.25, 0.3) is 33.1 Å². The van der Waals surface area contributed by atoms with Crippen LogP contribution in [0.1, 0.15) is 23.2 Å². The van der Waals surface area contributed by atoms with Gasteiger partial charge in [-0.15, -0.1) is 0 Å². The Morgan fingerprint density at radius 1 is 1.16 bits per heavy atom. The predicted molar refractivity (Wildman–Crippen MR) is 154 cm³/mol. The second kappa shape index (κ2) is 9.91. The normalized spacial score (nSPS) is 17.1. The summed E-state index contributed by atoms with van der Waals surface area (Å²) in [4.78, 5) is 34.2. The molecule has 2 unspecified atom stereocenters. The summed E-state index contributed by atoms with van der Waals surface area (Å²) in [6.07, 6.45) is 15.7. The molecule has 188 valence electrons. The number of aromatic amines is 1.